The average Bonchev–Trinajstić information content (AvgIpc) is 3.57. The molecule has 9 heteroatoms. The van der Waals surface area contributed by atoms with Crippen molar-refractivity contribution in [3.63, 3.8) is 0 Å². The Morgan fingerprint density at radius 1 is 1.15 bits per heavy atom. The van der Waals surface area contributed by atoms with Crippen molar-refractivity contribution in [2.75, 3.05) is 31.1 Å². The van der Waals surface area contributed by atoms with Crippen LogP contribution in [0.2, 0.25) is 0 Å². The molecule has 0 aliphatic carbocycles. The predicted octanol–water partition coefficient (Wildman–Crippen LogP) is 3.74. The third-order valence-electron chi connectivity index (χ3n) is 7.79. The summed E-state index contributed by atoms with van der Waals surface area (Å²) in [7, 11) is 0. The molecule has 2 aliphatic rings. The molecule has 3 aromatic rings. The number of aliphatic carboxylic acids is 1. The van der Waals surface area contributed by atoms with E-state index in [4.69, 9.17) is 4.74 Å². The molecule has 0 saturated carbocycles. The van der Waals surface area contributed by atoms with Gasteiger partial charge in [-0.2, -0.15) is 0 Å². The highest BCUT2D eigenvalue weighted by atomic mass is 16.5. The Labute approximate surface area is 228 Å². The van der Waals surface area contributed by atoms with Gasteiger partial charge in [-0.25, -0.2) is 9.97 Å². The van der Waals surface area contributed by atoms with E-state index in [2.05, 4.69) is 32.8 Å². The fourth-order valence-corrected chi connectivity index (χ4v) is 5.85. The molecule has 9 nitrogen and oxygen atoms in total. The number of carbonyl (C=O) groups is 2. The fraction of sp³-hybridized carbons (Fsp3) is 0.433. The smallest absolute Gasteiger partial charge is 0.308 e. The van der Waals surface area contributed by atoms with E-state index < -0.39 is 11.9 Å². The number of pyridine rings is 1. The van der Waals surface area contributed by atoms with Gasteiger partial charge in [-0.15, -0.1) is 0 Å². The van der Waals surface area contributed by atoms with Crippen LogP contribution in [-0.2, 0) is 22.4 Å². The quantitative estimate of drug-likeness (QED) is 0.400. The second-order valence-corrected chi connectivity index (χ2v) is 10.2. The number of hydrogen-bond donors (Lipinski definition) is 1. The lowest BCUT2D eigenvalue weighted by Gasteiger charge is -2.29. The summed E-state index contributed by atoms with van der Waals surface area (Å²) in [6.45, 7) is 3.95. The van der Waals surface area contributed by atoms with Crippen molar-refractivity contribution >= 4 is 17.6 Å². The zero-order valence-electron chi connectivity index (χ0n) is 22.3. The van der Waals surface area contributed by atoms with E-state index in [1.165, 1.54) is 0 Å². The molecular formula is C30H35N5O4. The van der Waals surface area contributed by atoms with E-state index in [-0.39, 0.29) is 24.4 Å². The lowest BCUT2D eigenvalue weighted by molar-refractivity contribution is -0.143. The normalized spacial score (nSPS) is 20.4. The number of carboxylic acids is 1. The van der Waals surface area contributed by atoms with Gasteiger partial charge in [0.05, 0.1) is 31.0 Å². The molecule has 2 aliphatic heterocycles. The van der Waals surface area contributed by atoms with Gasteiger partial charge < -0.3 is 14.7 Å². The number of unbranched alkanes of at least 4 members (excludes halogenated alkanes) is 1. The van der Waals surface area contributed by atoms with Crippen molar-refractivity contribution in [3.8, 4) is 5.75 Å². The lowest BCUT2D eigenvalue weighted by Crippen LogP contribution is -2.44. The van der Waals surface area contributed by atoms with Crippen LogP contribution < -0.4 is 9.64 Å². The van der Waals surface area contributed by atoms with Crippen LogP contribution in [0.1, 0.15) is 49.1 Å². The maximum Gasteiger partial charge on any atom is 0.308 e. The van der Waals surface area contributed by atoms with Crippen molar-refractivity contribution in [2.45, 2.75) is 51.0 Å². The van der Waals surface area contributed by atoms with E-state index in [1.54, 1.807) is 35.8 Å². The number of aryl methyl sites for hydroxylation is 1. The zero-order valence-corrected chi connectivity index (χ0v) is 22.3. The Bertz CT molecular complexity index is 1270. The molecule has 0 radical (unpaired) electrons. The number of anilines is 1. The highest BCUT2D eigenvalue weighted by molar-refractivity contribution is 5.94. The van der Waals surface area contributed by atoms with Crippen molar-refractivity contribution in [2.24, 2.45) is 5.92 Å². The number of carbonyl (C=O) groups excluding carboxylic acids is 1. The summed E-state index contributed by atoms with van der Waals surface area (Å²) in [6.07, 6.45) is 10.5. The zero-order chi connectivity index (χ0) is 27.2. The molecule has 1 saturated heterocycles. The minimum absolute atomic E-state index is 0.0513. The number of hydrogen-bond acceptors (Lipinski definition) is 7. The van der Waals surface area contributed by atoms with Crippen LogP contribution >= 0.6 is 0 Å². The number of amides is 1. The molecule has 3 unspecified atom stereocenters. The standard InChI is InChI=1S/C30H35N5O4/c1-2-3-15-35(23-6-4-12-31-18-23)28(36)20-34-19-24(21-7-9-26-22(17-21)11-16-39-26)29(30(37)38)25(34)8-10-27-32-13-5-14-33-27/h4-7,9,12-14,17-18,24-25,29H,2-3,8,10-11,15-16,19-20H2,1H3,(H,37,38). The predicted molar refractivity (Wildman–Crippen MR) is 147 cm³/mol. The molecule has 1 aromatic carbocycles. The SMILES string of the molecule is CCCCN(C(=O)CN1CC(c2ccc3c(c2)CCO3)C(C(=O)O)C1CCc1ncccn1)c1cccnc1. The fourth-order valence-electron chi connectivity index (χ4n) is 5.85. The Balaban J connectivity index is 1.43. The number of benzene rings is 1. The summed E-state index contributed by atoms with van der Waals surface area (Å²) in [4.78, 5) is 43.3. The number of fused-ring (bicyclic) bond motifs is 1. The number of rotatable bonds is 11. The third-order valence-corrected chi connectivity index (χ3v) is 7.79. The first kappa shape index (κ1) is 26.7. The van der Waals surface area contributed by atoms with Crippen LogP contribution in [0.15, 0.2) is 61.2 Å². The summed E-state index contributed by atoms with van der Waals surface area (Å²) in [5, 5.41) is 10.5. The van der Waals surface area contributed by atoms with E-state index in [1.807, 2.05) is 24.3 Å². The van der Waals surface area contributed by atoms with Crippen molar-refractivity contribution < 1.29 is 19.4 Å². The molecular weight excluding hydrogens is 494 g/mol. The number of likely N-dealkylation sites (tertiary alicyclic amines) is 1. The van der Waals surface area contributed by atoms with Crippen molar-refractivity contribution in [1.82, 2.24) is 19.9 Å². The first-order valence-corrected chi connectivity index (χ1v) is 13.7. The first-order valence-electron chi connectivity index (χ1n) is 13.7. The lowest BCUT2D eigenvalue weighted by atomic mass is 9.83. The maximum absolute atomic E-state index is 13.8. The molecule has 1 amide bonds. The molecule has 5 rings (SSSR count). The molecule has 1 fully saturated rings. The monoisotopic (exact) mass is 529 g/mol. The molecule has 39 heavy (non-hydrogen) atoms. The molecule has 3 atom stereocenters. The van der Waals surface area contributed by atoms with Crippen LogP contribution in [0, 0.1) is 5.92 Å². The Hall–Kier alpha value is -3.85. The summed E-state index contributed by atoms with van der Waals surface area (Å²) in [6, 6.07) is 11.2. The minimum atomic E-state index is -0.847. The second kappa shape index (κ2) is 12.3. The number of nitrogens with zero attached hydrogens (tertiary/aromatic N) is 5. The highest BCUT2D eigenvalue weighted by Gasteiger charge is 2.47. The molecule has 0 spiro atoms. The maximum atomic E-state index is 13.8. The van der Waals surface area contributed by atoms with Gasteiger partial charge in [-0.05, 0) is 48.2 Å². The summed E-state index contributed by atoms with van der Waals surface area (Å²) in [5.41, 5.74) is 2.86. The number of ether oxygens (including phenoxy) is 1. The van der Waals surface area contributed by atoms with Crippen LogP contribution in [0.5, 0.6) is 5.75 Å². The third kappa shape index (κ3) is 6.09. The largest absolute Gasteiger partial charge is 0.493 e. The Kier molecular flexibility index (Phi) is 8.46. The number of aromatic nitrogens is 3. The summed E-state index contributed by atoms with van der Waals surface area (Å²) >= 11 is 0. The van der Waals surface area contributed by atoms with Gasteiger partial charge in [0.15, 0.2) is 0 Å². The average molecular weight is 530 g/mol. The molecule has 204 valence electrons. The summed E-state index contributed by atoms with van der Waals surface area (Å²) in [5.74, 6) is -0.262. The van der Waals surface area contributed by atoms with Crippen molar-refractivity contribution in [3.05, 3.63) is 78.1 Å². The molecule has 0 bridgehead atoms. The van der Waals surface area contributed by atoms with E-state index in [0.29, 0.717) is 38.4 Å². The van der Waals surface area contributed by atoms with Gasteiger partial charge in [-0.1, -0.05) is 25.5 Å². The van der Waals surface area contributed by atoms with Crippen LogP contribution in [0.25, 0.3) is 0 Å². The topological polar surface area (TPSA) is 109 Å². The van der Waals surface area contributed by atoms with E-state index in [9.17, 15) is 14.7 Å². The molecule has 1 N–H and O–H groups in total. The first-order chi connectivity index (χ1) is 19.0. The van der Waals surface area contributed by atoms with Crippen LogP contribution in [0.4, 0.5) is 5.69 Å². The Morgan fingerprint density at radius 2 is 2.00 bits per heavy atom. The highest BCUT2D eigenvalue weighted by Crippen LogP contribution is 2.41. The van der Waals surface area contributed by atoms with E-state index >= 15 is 0 Å². The summed E-state index contributed by atoms with van der Waals surface area (Å²) < 4.78 is 5.68. The Morgan fingerprint density at radius 3 is 2.74 bits per heavy atom. The van der Waals surface area contributed by atoms with Crippen LogP contribution in [-0.4, -0.2) is 69.1 Å². The molecule has 4 heterocycles. The van der Waals surface area contributed by atoms with Gasteiger partial charge >= 0.3 is 5.97 Å². The van der Waals surface area contributed by atoms with E-state index in [0.717, 1.165) is 41.8 Å². The second-order valence-electron chi connectivity index (χ2n) is 10.2. The minimum Gasteiger partial charge on any atom is -0.493 e. The molecule has 2 aromatic heterocycles. The van der Waals surface area contributed by atoms with Crippen molar-refractivity contribution in [1.29, 1.82) is 0 Å². The number of carboxylic acid groups (broad SMARTS) is 1. The van der Waals surface area contributed by atoms with Gasteiger partial charge in [0.1, 0.15) is 11.6 Å². The van der Waals surface area contributed by atoms with Gasteiger partial charge in [-0.3, -0.25) is 19.5 Å². The van der Waals surface area contributed by atoms with Crippen LogP contribution in [0.3, 0.4) is 0 Å². The van der Waals surface area contributed by atoms with Gasteiger partial charge in [0.25, 0.3) is 0 Å². The van der Waals surface area contributed by atoms with Gasteiger partial charge in [0, 0.05) is 56.5 Å². The van der Waals surface area contributed by atoms with Gasteiger partial charge in [0.2, 0.25) is 5.91 Å².